The predicted octanol–water partition coefficient (Wildman–Crippen LogP) is 7.72. The van der Waals surface area contributed by atoms with Crippen LogP contribution in [0.5, 0.6) is 0 Å². The van der Waals surface area contributed by atoms with Gasteiger partial charge in [-0.3, -0.25) is 4.55 Å². The van der Waals surface area contributed by atoms with Crippen LogP contribution < -0.4 is 0 Å². The van der Waals surface area contributed by atoms with Gasteiger partial charge < -0.3 is 18.9 Å². The van der Waals surface area contributed by atoms with E-state index in [0.717, 1.165) is 5.56 Å². The molecule has 1 aliphatic rings. The van der Waals surface area contributed by atoms with Gasteiger partial charge in [0.05, 0.1) is 33.0 Å². The highest BCUT2D eigenvalue weighted by Gasteiger charge is 2.75. The minimum atomic E-state index is -5.51. The Bertz CT molecular complexity index is 1600. The summed E-state index contributed by atoms with van der Waals surface area (Å²) in [7, 11) is -5.51. The third kappa shape index (κ3) is 8.29. The molecule has 0 aromatic heterocycles. The molecule has 3 atom stereocenters. The van der Waals surface area contributed by atoms with Crippen molar-refractivity contribution in [2.24, 2.45) is 11.8 Å². The van der Waals surface area contributed by atoms with Gasteiger partial charge in [0.15, 0.2) is 0 Å². The largest absolute Gasteiger partial charge is 0.397 e. The first-order chi connectivity index (χ1) is 22.5. The summed E-state index contributed by atoms with van der Waals surface area (Å²) in [6.45, 7) is -1.50. The number of ether oxygens (including phenoxy) is 4. The molecule has 4 aromatic rings. The molecule has 11 heteroatoms. The van der Waals surface area contributed by atoms with Crippen LogP contribution in [0.2, 0.25) is 0 Å². The lowest BCUT2D eigenvalue weighted by Crippen LogP contribution is -2.72. The third-order valence-electron chi connectivity index (χ3n) is 8.30. The maximum absolute atomic E-state index is 15.4. The average Bonchev–Trinajstić information content (AvgIpc) is 3.07. The van der Waals surface area contributed by atoms with Crippen molar-refractivity contribution in [3.63, 3.8) is 0 Å². The molecule has 0 aliphatic heterocycles. The smallest absolute Gasteiger partial charge is 0.376 e. The fourth-order valence-corrected chi connectivity index (χ4v) is 7.31. The summed E-state index contributed by atoms with van der Waals surface area (Å²) in [4.78, 5) is -3.02. The van der Waals surface area contributed by atoms with Crippen LogP contribution in [-0.4, -0.2) is 36.5 Å². The zero-order valence-electron chi connectivity index (χ0n) is 25.6. The monoisotopic (exact) mass is 670 g/mol. The summed E-state index contributed by atoms with van der Waals surface area (Å²) < 4.78 is 109. The van der Waals surface area contributed by atoms with Gasteiger partial charge in [-0.2, -0.15) is 21.6 Å². The van der Waals surface area contributed by atoms with Crippen molar-refractivity contribution in [2.75, 3.05) is 6.61 Å². The zero-order chi connectivity index (χ0) is 33.4. The molecule has 4 aromatic carbocycles. The van der Waals surface area contributed by atoms with Crippen LogP contribution in [0.15, 0.2) is 121 Å². The molecule has 7 nitrogen and oxygen atoms in total. The van der Waals surface area contributed by atoms with Crippen LogP contribution in [-0.2, 0) is 55.5 Å². The Morgan fingerprint density at radius 3 is 1.40 bits per heavy atom. The Kier molecular flexibility index (Phi) is 11.2. The number of hydrogen-bond acceptors (Lipinski definition) is 6. The summed E-state index contributed by atoms with van der Waals surface area (Å²) in [5.41, 5.74) is 2.21. The van der Waals surface area contributed by atoms with Crippen molar-refractivity contribution in [3.05, 3.63) is 144 Å². The Hall–Kier alpha value is -3.58. The molecule has 0 bridgehead atoms. The van der Waals surface area contributed by atoms with Gasteiger partial charge >= 0.3 is 16.3 Å². The molecule has 0 heterocycles. The summed E-state index contributed by atoms with van der Waals surface area (Å²) in [6.07, 6.45) is -6.24. The van der Waals surface area contributed by atoms with E-state index in [2.05, 4.69) is 0 Å². The van der Waals surface area contributed by atoms with Crippen molar-refractivity contribution >= 4 is 10.1 Å². The molecule has 1 aliphatic carbocycles. The lowest BCUT2D eigenvalue weighted by Gasteiger charge is -2.55. The van der Waals surface area contributed by atoms with Crippen molar-refractivity contribution in [1.29, 1.82) is 0 Å². The van der Waals surface area contributed by atoms with Crippen LogP contribution in [0.3, 0.4) is 0 Å². The molecule has 0 saturated heterocycles. The number of hydrogen-bond donors (Lipinski definition) is 1. The molecule has 1 saturated carbocycles. The van der Waals surface area contributed by atoms with E-state index in [-0.39, 0.29) is 13.2 Å². The van der Waals surface area contributed by atoms with Crippen LogP contribution >= 0.6 is 0 Å². The highest BCUT2D eigenvalue weighted by Crippen LogP contribution is 2.57. The maximum Gasteiger partial charge on any atom is 0.397 e. The van der Waals surface area contributed by atoms with Gasteiger partial charge in [0.25, 0.3) is 0 Å². The summed E-state index contributed by atoms with van der Waals surface area (Å²) >= 11 is 0. The molecule has 1 fully saturated rings. The van der Waals surface area contributed by atoms with E-state index in [9.17, 15) is 13.0 Å². The second-order valence-corrected chi connectivity index (χ2v) is 13.2. The molecule has 0 spiro atoms. The first-order valence-electron chi connectivity index (χ1n) is 15.2. The summed E-state index contributed by atoms with van der Waals surface area (Å²) in [5.74, 6) is -6.59. The standard InChI is InChI=1S/C36H37F3O7S/c37-36(38,39)33-21-32(24-43-23-28-13-5-1-6-14-28)22-34(47(40,41)42,44-25-29-15-7-2-8-16-29)35(33,45-26-30-17-9-3-10-18-30)46-27-31-19-11-4-12-20-31/h1-20,32-33H,21-27H2,(H,40,41,42). The normalized spacial score (nSPS) is 21.4. The van der Waals surface area contributed by atoms with Gasteiger partial charge in [0, 0.05) is 6.42 Å². The van der Waals surface area contributed by atoms with Crippen LogP contribution in [0, 0.1) is 11.8 Å². The highest BCUT2D eigenvalue weighted by atomic mass is 32.2. The minimum Gasteiger partial charge on any atom is -0.376 e. The maximum atomic E-state index is 15.4. The van der Waals surface area contributed by atoms with E-state index < -0.39 is 71.5 Å². The fourth-order valence-electron chi connectivity index (χ4n) is 6.04. The molecule has 47 heavy (non-hydrogen) atoms. The first kappa shape index (κ1) is 34.7. The lowest BCUT2D eigenvalue weighted by atomic mass is 9.73. The van der Waals surface area contributed by atoms with E-state index in [4.69, 9.17) is 18.9 Å². The van der Waals surface area contributed by atoms with Crippen LogP contribution in [0.25, 0.3) is 0 Å². The fraction of sp³-hybridized carbons (Fsp3) is 0.333. The van der Waals surface area contributed by atoms with Crippen LogP contribution in [0.4, 0.5) is 13.2 Å². The van der Waals surface area contributed by atoms with Gasteiger partial charge in [0.1, 0.15) is 5.92 Å². The Balaban J connectivity index is 1.62. The number of benzene rings is 4. The first-order valence-corrected chi connectivity index (χ1v) is 16.7. The summed E-state index contributed by atoms with van der Waals surface area (Å²) in [5, 5.41) is 0. The minimum absolute atomic E-state index is 0.0952. The van der Waals surface area contributed by atoms with Crippen molar-refractivity contribution in [1.82, 2.24) is 0 Å². The van der Waals surface area contributed by atoms with Gasteiger partial charge in [-0.05, 0) is 34.6 Å². The number of rotatable bonds is 14. The van der Waals surface area contributed by atoms with Gasteiger partial charge in [0.2, 0.25) is 10.7 Å². The lowest BCUT2D eigenvalue weighted by molar-refractivity contribution is -0.398. The predicted molar refractivity (Wildman–Crippen MR) is 169 cm³/mol. The van der Waals surface area contributed by atoms with Crippen LogP contribution in [0.1, 0.15) is 35.1 Å². The van der Waals surface area contributed by atoms with Crippen molar-refractivity contribution < 1.29 is 45.1 Å². The molecular formula is C36H37F3O7S. The van der Waals surface area contributed by atoms with E-state index in [1.165, 1.54) is 0 Å². The van der Waals surface area contributed by atoms with Crippen molar-refractivity contribution in [3.8, 4) is 0 Å². The van der Waals surface area contributed by atoms with E-state index in [1.807, 2.05) is 30.3 Å². The second kappa shape index (κ2) is 15.1. The molecule has 250 valence electrons. The van der Waals surface area contributed by atoms with E-state index in [0.29, 0.717) is 16.7 Å². The van der Waals surface area contributed by atoms with E-state index in [1.54, 1.807) is 91.0 Å². The van der Waals surface area contributed by atoms with E-state index >= 15 is 13.2 Å². The molecule has 3 unspecified atom stereocenters. The Morgan fingerprint density at radius 2 is 1.02 bits per heavy atom. The number of alkyl halides is 3. The Labute approximate surface area is 273 Å². The molecule has 0 radical (unpaired) electrons. The van der Waals surface area contributed by atoms with Gasteiger partial charge in [-0.25, -0.2) is 0 Å². The quantitative estimate of drug-likeness (QED) is 0.109. The topological polar surface area (TPSA) is 91.3 Å². The average molecular weight is 671 g/mol. The SMILES string of the molecule is O=S(=O)(O)C1(OCc2ccccc2)CC(COCc2ccccc2)CC(C(F)(F)F)C1(OCc1ccccc1)OCc1ccccc1. The van der Waals surface area contributed by atoms with Gasteiger partial charge in [-0.15, -0.1) is 0 Å². The third-order valence-corrected chi connectivity index (χ3v) is 9.70. The number of halogens is 3. The highest BCUT2D eigenvalue weighted by molar-refractivity contribution is 7.87. The molecule has 0 amide bonds. The second-order valence-electron chi connectivity index (χ2n) is 11.6. The zero-order valence-corrected chi connectivity index (χ0v) is 26.4. The molecular weight excluding hydrogens is 633 g/mol. The van der Waals surface area contributed by atoms with Gasteiger partial charge in [-0.1, -0.05) is 121 Å². The summed E-state index contributed by atoms with van der Waals surface area (Å²) in [6, 6.07) is 34.2. The molecule has 1 N–H and O–H groups in total. The Morgan fingerprint density at radius 1 is 0.638 bits per heavy atom. The van der Waals surface area contributed by atoms with Crippen molar-refractivity contribution in [2.45, 2.75) is 56.2 Å². The molecule has 5 rings (SSSR count).